The number of nitrogens with zero attached hydrogens (tertiary/aromatic N) is 1. The molecule has 76 valence electrons. The topological polar surface area (TPSA) is 76.2 Å². The lowest BCUT2D eigenvalue weighted by Gasteiger charge is -2.04. The molecule has 1 aromatic heterocycles. The molecule has 0 unspecified atom stereocenters. The molecule has 14 heavy (non-hydrogen) atoms. The van der Waals surface area contributed by atoms with E-state index in [1.807, 2.05) is 0 Å². The third-order valence-electron chi connectivity index (χ3n) is 1.67. The quantitative estimate of drug-likeness (QED) is 0.771. The van der Waals surface area contributed by atoms with Crippen molar-refractivity contribution in [2.24, 2.45) is 5.73 Å². The second kappa shape index (κ2) is 4.10. The van der Waals surface area contributed by atoms with Crippen LogP contribution in [0.25, 0.3) is 0 Å². The highest BCUT2D eigenvalue weighted by Crippen LogP contribution is 2.20. The van der Waals surface area contributed by atoms with Crippen LogP contribution in [0, 0.1) is 0 Å². The van der Waals surface area contributed by atoms with E-state index < -0.39 is 18.0 Å². The van der Waals surface area contributed by atoms with Gasteiger partial charge in [-0.3, -0.25) is 4.98 Å². The Kier molecular flexibility index (Phi) is 3.08. The first-order chi connectivity index (χ1) is 6.56. The van der Waals surface area contributed by atoms with Gasteiger partial charge in [0, 0.05) is 18.3 Å². The largest absolute Gasteiger partial charge is 0.478 e. The van der Waals surface area contributed by atoms with Crippen LogP contribution in [0.1, 0.15) is 28.0 Å². The van der Waals surface area contributed by atoms with E-state index in [2.05, 4.69) is 4.98 Å². The monoisotopic (exact) mass is 202 g/mol. The van der Waals surface area contributed by atoms with Crippen molar-refractivity contribution in [1.82, 2.24) is 4.98 Å². The van der Waals surface area contributed by atoms with Gasteiger partial charge < -0.3 is 10.8 Å². The Morgan fingerprint density at radius 3 is 2.71 bits per heavy atom. The Hall–Kier alpha value is -1.56. The molecule has 0 aliphatic carbocycles. The summed E-state index contributed by atoms with van der Waals surface area (Å²) in [5.41, 5.74) is 4.61. The van der Waals surface area contributed by atoms with Gasteiger partial charge in [0.25, 0.3) is 6.43 Å². The van der Waals surface area contributed by atoms with Crippen molar-refractivity contribution in [3.63, 3.8) is 0 Å². The minimum Gasteiger partial charge on any atom is -0.478 e. The smallest absolute Gasteiger partial charge is 0.337 e. The zero-order chi connectivity index (χ0) is 10.7. The normalized spacial score (nSPS) is 10.6. The van der Waals surface area contributed by atoms with Crippen molar-refractivity contribution >= 4 is 5.97 Å². The third-order valence-corrected chi connectivity index (χ3v) is 1.67. The zero-order valence-corrected chi connectivity index (χ0v) is 7.08. The molecule has 1 aromatic rings. The molecule has 3 N–H and O–H groups in total. The summed E-state index contributed by atoms with van der Waals surface area (Å²) in [4.78, 5) is 14.2. The molecule has 0 radical (unpaired) electrons. The third kappa shape index (κ3) is 2.02. The number of alkyl halides is 2. The van der Waals surface area contributed by atoms with Gasteiger partial charge in [-0.25, -0.2) is 13.6 Å². The van der Waals surface area contributed by atoms with Gasteiger partial charge in [-0.1, -0.05) is 0 Å². The van der Waals surface area contributed by atoms with Crippen LogP contribution in [0.5, 0.6) is 0 Å². The SMILES string of the molecule is NCc1ncc(C(F)F)cc1C(=O)O. The van der Waals surface area contributed by atoms with E-state index in [0.717, 1.165) is 12.3 Å². The highest BCUT2D eigenvalue weighted by Gasteiger charge is 2.15. The van der Waals surface area contributed by atoms with Crippen molar-refractivity contribution in [3.8, 4) is 0 Å². The van der Waals surface area contributed by atoms with Gasteiger partial charge >= 0.3 is 5.97 Å². The number of aromatic nitrogens is 1. The van der Waals surface area contributed by atoms with Gasteiger partial charge in [-0.2, -0.15) is 0 Å². The van der Waals surface area contributed by atoms with Gasteiger partial charge in [0.1, 0.15) is 0 Å². The van der Waals surface area contributed by atoms with Gasteiger partial charge in [0.05, 0.1) is 11.3 Å². The zero-order valence-electron chi connectivity index (χ0n) is 7.08. The van der Waals surface area contributed by atoms with Crippen LogP contribution in [-0.2, 0) is 6.54 Å². The minimum atomic E-state index is -2.73. The molecular weight excluding hydrogens is 194 g/mol. The van der Waals surface area contributed by atoms with E-state index in [-0.39, 0.29) is 17.8 Å². The second-order valence-corrected chi connectivity index (χ2v) is 2.57. The highest BCUT2D eigenvalue weighted by atomic mass is 19.3. The summed E-state index contributed by atoms with van der Waals surface area (Å²) in [6, 6.07) is 0.891. The number of rotatable bonds is 3. The summed E-state index contributed by atoms with van der Waals surface area (Å²) < 4.78 is 24.4. The molecule has 0 saturated carbocycles. The van der Waals surface area contributed by atoms with Crippen molar-refractivity contribution in [2.75, 3.05) is 0 Å². The second-order valence-electron chi connectivity index (χ2n) is 2.57. The first-order valence-electron chi connectivity index (χ1n) is 3.76. The highest BCUT2D eigenvalue weighted by molar-refractivity contribution is 5.89. The predicted octanol–water partition coefficient (Wildman–Crippen LogP) is 1.18. The molecule has 4 nitrogen and oxygen atoms in total. The molecule has 0 fully saturated rings. The Bertz CT molecular complexity index is 355. The predicted molar refractivity (Wildman–Crippen MR) is 44.0 cm³/mol. The van der Waals surface area contributed by atoms with Gasteiger partial charge in [0.2, 0.25) is 0 Å². The summed E-state index contributed by atoms with van der Waals surface area (Å²) in [6.45, 7) is -0.0921. The number of halogens is 2. The fourth-order valence-electron chi connectivity index (χ4n) is 0.976. The molecule has 0 aromatic carbocycles. The Morgan fingerprint density at radius 1 is 1.64 bits per heavy atom. The van der Waals surface area contributed by atoms with Gasteiger partial charge in [-0.05, 0) is 6.07 Å². The average Bonchev–Trinajstić information content (AvgIpc) is 2.16. The summed E-state index contributed by atoms with van der Waals surface area (Å²) in [7, 11) is 0. The van der Waals surface area contributed by atoms with Crippen LogP contribution >= 0.6 is 0 Å². The summed E-state index contributed by atoms with van der Waals surface area (Å²) in [5.74, 6) is -1.31. The van der Waals surface area contributed by atoms with Crippen LogP contribution in [0.3, 0.4) is 0 Å². The van der Waals surface area contributed by atoms with Crippen LogP contribution in [0.15, 0.2) is 12.3 Å². The van der Waals surface area contributed by atoms with E-state index in [1.165, 1.54) is 0 Å². The maximum Gasteiger partial charge on any atom is 0.337 e. The first kappa shape index (κ1) is 10.5. The Labute approximate surface area is 78.4 Å². The molecule has 0 aliphatic rings. The van der Waals surface area contributed by atoms with Crippen LogP contribution in [-0.4, -0.2) is 16.1 Å². The lowest BCUT2D eigenvalue weighted by molar-refractivity contribution is 0.0694. The van der Waals surface area contributed by atoms with Crippen LogP contribution < -0.4 is 5.73 Å². The lowest BCUT2D eigenvalue weighted by Crippen LogP contribution is -2.10. The van der Waals surface area contributed by atoms with Gasteiger partial charge in [0.15, 0.2) is 0 Å². The minimum absolute atomic E-state index is 0.0921. The van der Waals surface area contributed by atoms with E-state index >= 15 is 0 Å². The fourth-order valence-corrected chi connectivity index (χ4v) is 0.976. The summed E-state index contributed by atoms with van der Waals surface area (Å²) in [5, 5.41) is 8.66. The van der Waals surface area contributed by atoms with Crippen molar-refractivity contribution in [1.29, 1.82) is 0 Å². The maximum atomic E-state index is 12.2. The number of hydrogen-bond donors (Lipinski definition) is 2. The Balaban J connectivity index is 3.21. The first-order valence-corrected chi connectivity index (χ1v) is 3.76. The standard InChI is InChI=1S/C8H8F2N2O2/c9-7(10)4-1-5(8(13)14)6(2-11)12-3-4/h1,3,7H,2,11H2,(H,13,14). The number of aromatic carboxylic acids is 1. The molecule has 0 spiro atoms. The molecule has 0 amide bonds. The molecule has 0 atom stereocenters. The van der Waals surface area contributed by atoms with Crippen LogP contribution in [0.4, 0.5) is 8.78 Å². The number of pyridine rings is 1. The number of hydrogen-bond acceptors (Lipinski definition) is 3. The fraction of sp³-hybridized carbons (Fsp3) is 0.250. The molecule has 6 heteroatoms. The summed E-state index contributed by atoms with van der Waals surface area (Å²) >= 11 is 0. The Morgan fingerprint density at radius 2 is 2.29 bits per heavy atom. The van der Waals surface area contributed by atoms with E-state index in [4.69, 9.17) is 10.8 Å². The summed E-state index contributed by atoms with van der Waals surface area (Å²) in [6.07, 6.45) is -1.80. The molecule has 1 rings (SSSR count). The van der Waals surface area contributed by atoms with E-state index in [1.54, 1.807) is 0 Å². The van der Waals surface area contributed by atoms with Gasteiger partial charge in [-0.15, -0.1) is 0 Å². The van der Waals surface area contributed by atoms with Crippen molar-refractivity contribution in [3.05, 3.63) is 29.1 Å². The number of carbonyl (C=O) groups is 1. The lowest BCUT2D eigenvalue weighted by atomic mass is 10.1. The number of carboxylic acid groups (broad SMARTS) is 1. The maximum absolute atomic E-state index is 12.2. The van der Waals surface area contributed by atoms with E-state index in [9.17, 15) is 13.6 Å². The molecule has 0 bridgehead atoms. The number of carboxylic acids is 1. The van der Waals surface area contributed by atoms with Crippen molar-refractivity contribution < 1.29 is 18.7 Å². The van der Waals surface area contributed by atoms with E-state index in [0.29, 0.717) is 0 Å². The number of nitrogens with two attached hydrogens (primary N) is 1. The van der Waals surface area contributed by atoms with Crippen LogP contribution in [0.2, 0.25) is 0 Å². The molecule has 1 heterocycles. The molecule has 0 aliphatic heterocycles. The average molecular weight is 202 g/mol. The molecule has 0 saturated heterocycles. The van der Waals surface area contributed by atoms with Crippen molar-refractivity contribution in [2.45, 2.75) is 13.0 Å². The molecular formula is C8H8F2N2O2.